The van der Waals surface area contributed by atoms with Gasteiger partial charge in [-0.15, -0.1) is 0 Å². The Kier molecular flexibility index (Phi) is 4.14. The van der Waals surface area contributed by atoms with Gasteiger partial charge in [0.25, 0.3) is 0 Å². The molecule has 2 fully saturated rings. The van der Waals surface area contributed by atoms with Crippen LogP contribution in [0, 0.1) is 0 Å². The average Bonchev–Trinajstić information content (AvgIpc) is 2.93. The first kappa shape index (κ1) is 15.8. The molecule has 24 heavy (non-hydrogen) atoms. The lowest BCUT2D eigenvalue weighted by atomic mass is 9.78. The van der Waals surface area contributed by atoms with Crippen molar-refractivity contribution in [1.82, 2.24) is 5.06 Å². The number of ether oxygens (including phenoxy) is 1. The Balaban J connectivity index is 1.79. The lowest BCUT2D eigenvalue weighted by Crippen LogP contribution is -2.50. The van der Waals surface area contributed by atoms with E-state index in [9.17, 15) is 5.11 Å². The van der Waals surface area contributed by atoms with E-state index in [0.717, 1.165) is 17.5 Å². The van der Waals surface area contributed by atoms with Gasteiger partial charge in [-0.2, -0.15) is 5.06 Å². The van der Waals surface area contributed by atoms with Gasteiger partial charge in [-0.3, -0.25) is 4.84 Å². The zero-order chi connectivity index (χ0) is 16.6. The molecule has 0 radical (unpaired) electrons. The minimum atomic E-state index is -1.12. The highest BCUT2D eigenvalue weighted by atomic mass is 16.7. The van der Waals surface area contributed by atoms with Gasteiger partial charge in [0.1, 0.15) is 11.7 Å². The summed E-state index contributed by atoms with van der Waals surface area (Å²) in [5, 5.41) is 13.8. The van der Waals surface area contributed by atoms with E-state index in [2.05, 4.69) is 0 Å². The van der Waals surface area contributed by atoms with Crippen molar-refractivity contribution in [2.24, 2.45) is 0 Å². The number of rotatable bonds is 3. The number of hydrogen-bond donors (Lipinski definition) is 1. The van der Waals surface area contributed by atoms with Gasteiger partial charge in [0.2, 0.25) is 0 Å². The average molecular weight is 325 g/mol. The standard InChI is InChI=1S/C20H23NO3/c1-15-13-21-19(12-18(24-21)14-23-15)20(22,16-8-4-2-5-9-16)17-10-6-3-7-11-17/h2-11,15,18-19,22H,12-14H2,1H3/t15-,18-,19-/m0/s1. The maximum absolute atomic E-state index is 11.9. The van der Waals surface area contributed by atoms with Crippen LogP contribution in [0.25, 0.3) is 0 Å². The molecule has 2 aliphatic heterocycles. The van der Waals surface area contributed by atoms with E-state index in [-0.39, 0.29) is 18.2 Å². The zero-order valence-electron chi connectivity index (χ0n) is 13.8. The van der Waals surface area contributed by atoms with Gasteiger partial charge in [0, 0.05) is 0 Å². The monoisotopic (exact) mass is 325 g/mol. The Morgan fingerprint density at radius 3 is 2.17 bits per heavy atom. The highest BCUT2D eigenvalue weighted by Crippen LogP contribution is 2.42. The fraction of sp³-hybridized carbons (Fsp3) is 0.400. The van der Waals surface area contributed by atoms with Gasteiger partial charge in [-0.25, -0.2) is 0 Å². The molecule has 2 aromatic rings. The van der Waals surface area contributed by atoms with Gasteiger partial charge >= 0.3 is 0 Å². The first-order valence-corrected chi connectivity index (χ1v) is 8.56. The summed E-state index contributed by atoms with van der Waals surface area (Å²) in [5.74, 6) is 0. The third kappa shape index (κ3) is 2.66. The number of benzene rings is 2. The molecule has 0 spiro atoms. The maximum Gasteiger partial charge on any atom is 0.132 e. The van der Waals surface area contributed by atoms with E-state index in [0.29, 0.717) is 13.2 Å². The molecule has 4 atom stereocenters. The second-order valence-corrected chi connectivity index (χ2v) is 6.72. The summed E-state index contributed by atoms with van der Waals surface area (Å²) in [5.41, 5.74) is 0.670. The van der Waals surface area contributed by atoms with Gasteiger partial charge in [0.05, 0.1) is 25.3 Å². The largest absolute Gasteiger partial charge is 0.379 e. The molecule has 2 heterocycles. The predicted octanol–water partition coefficient (Wildman–Crippen LogP) is 2.72. The van der Waals surface area contributed by atoms with Crippen LogP contribution in [-0.2, 0) is 15.2 Å². The molecular formula is C20H23NO3. The summed E-state index contributed by atoms with van der Waals surface area (Å²) in [6.45, 7) is 3.28. The smallest absolute Gasteiger partial charge is 0.132 e. The quantitative estimate of drug-likeness (QED) is 0.942. The third-order valence-electron chi connectivity index (χ3n) is 5.03. The Morgan fingerprint density at radius 1 is 1.00 bits per heavy atom. The van der Waals surface area contributed by atoms with E-state index < -0.39 is 5.60 Å². The molecule has 4 rings (SSSR count). The lowest BCUT2D eigenvalue weighted by molar-refractivity contribution is -0.181. The number of fused-ring (bicyclic) bond motifs is 2. The summed E-state index contributed by atoms with van der Waals surface area (Å²) in [6.07, 6.45) is 0.833. The van der Waals surface area contributed by atoms with E-state index in [1.54, 1.807) is 0 Å². The van der Waals surface area contributed by atoms with E-state index in [1.165, 1.54) is 0 Å². The molecular weight excluding hydrogens is 302 g/mol. The van der Waals surface area contributed by atoms with Crippen LogP contribution in [-0.4, -0.2) is 41.6 Å². The van der Waals surface area contributed by atoms with Crippen LogP contribution in [0.1, 0.15) is 24.5 Å². The van der Waals surface area contributed by atoms with Crippen LogP contribution in [0.5, 0.6) is 0 Å². The fourth-order valence-corrected chi connectivity index (χ4v) is 3.84. The molecule has 2 saturated heterocycles. The number of hydroxylamine groups is 2. The van der Waals surface area contributed by atoms with E-state index in [4.69, 9.17) is 9.57 Å². The second kappa shape index (κ2) is 6.30. The van der Waals surface area contributed by atoms with Crippen LogP contribution in [0.2, 0.25) is 0 Å². The molecule has 4 heteroatoms. The molecule has 0 saturated carbocycles. The summed E-state index contributed by atoms with van der Waals surface area (Å²) in [7, 11) is 0. The summed E-state index contributed by atoms with van der Waals surface area (Å²) >= 11 is 0. The van der Waals surface area contributed by atoms with Gasteiger partial charge in [0.15, 0.2) is 0 Å². The normalized spacial score (nSPS) is 30.1. The predicted molar refractivity (Wildman–Crippen MR) is 91.3 cm³/mol. The first-order valence-electron chi connectivity index (χ1n) is 8.56. The lowest BCUT2D eigenvalue weighted by Gasteiger charge is -2.39. The van der Waals surface area contributed by atoms with Crippen LogP contribution in [0.3, 0.4) is 0 Å². The molecule has 2 aliphatic rings. The molecule has 0 amide bonds. The van der Waals surface area contributed by atoms with Crippen molar-refractivity contribution < 1.29 is 14.7 Å². The Morgan fingerprint density at radius 2 is 1.58 bits per heavy atom. The van der Waals surface area contributed by atoms with Gasteiger partial charge < -0.3 is 9.84 Å². The SMILES string of the molecule is C[C@H]1CN2O[C@H](CO1)C[C@H]2C(O)(c1ccccc1)c1ccccc1. The molecule has 2 aromatic carbocycles. The van der Waals surface area contributed by atoms with Crippen molar-refractivity contribution in [3.63, 3.8) is 0 Å². The number of hydrogen-bond acceptors (Lipinski definition) is 4. The number of aliphatic hydroxyl groups is 1. The summed E-state index contributed by atoms with van der Waals surface area (Å²) in [6, 6.07) is 19.6. The summed E-state index contributed by atoms with van der Waals surface area (Å²) in [4.78, 5) is 6.04. The van der Waals surface area contributed by atoms with Crippen LogP contribution in [0.4, 0.5) is 0 Å². The highest BCUT2D eigenvalue weighted by Gasteiger charge is 2.50. The molecule has 4 nitrogen and oxygen atoms in total. The molecule has 1 unspecified atom stereocenters. The molecule has 2 bridgehead atoms. The van der Waals surface area contributed by atoms with Crippen molar-refractivity contribution >= 4 is 0 Å². The number of nitrogens with zero attached hydrogens (tertiary/aromatic N) is 1. The molecule has 1 N–H and O–H groups in total. The van der Waals surface area contributed by atoms with Gasteiger partial charge in [-0.05, 0) is 24.5 Å². The minimum absolute atomic E-state index is 0.00102. The summed E-state index contributed by atoms with van der Waals surface area (Å²) < 4.78 is 5.76. The van der Waals surface area contributed by atoms with Crippen molar-refractivity contribution in [2.75, 3.05) is 13.2 Å². The van der Waals surface area contributed by atoms with Crippen molar-refractivity contribution in [2.45, 2.75) is 37.2 Å². The first-order chi connectivity index (χ1) is 11.7. The second-order valence-electron chi connectivity index (χ2n) is 6.72. The third-order valence-corrected chi connectivity index (χ3v) is 5.03. The van der Waals surface area contributed by atoms with Crippen LogP contribution >= 0.6 is 0 Å². The maximum atomic E-state index is 11.9. The van der Waals surface area contributed by atoms with Crippen molar-refractivity contribution in [3.05, 3.63) is 71.8 Å². The van der Waals surface area contributed by atoms with E-state index >= 15 is 0 Å². The fourth-order valence-electron chi connectivity index (χ4n) is 3.84. The minimum Gasteiger partial charge on any atom is -0.379 e. The van der Waals surface area contributed by atoms with Crippen molar-refractivity contribution in [3.8, 4) is 0 Å². The molecule has 0 aliphatic carbocycles. The topological polar surface area (TPSA) is 41.9 Å². The Bertz CT molecular complexity index is 636. The molecule has 126 valence electrons. The van der Waals surface area contributed by atoms with Crippen LogP contribution < -0.4 is 0 Å². The van der Waals surface area contributed by atoms with Crippen molar-refractivity contribution in [1.29, 1.82) is 0 Å². The van der Waals surface area contributed by atoms with Gasteiger partial charge in [-0.1, -0.05) is 60.7 Å². The molecule has 0 aromatic heterocycles. The van der Waals surface area contributed by atoms with Crippen LogP contribution in [0.15, 0.2) is 60.7 Å². The Labute approximate surface area is 142 Å². The Hall–Kier alpha value is -1.72. The van der Waals surface area contributed by atoms with E-state index in [1.807, 2.05) is 72.7 Å². The zero-order valence-corrected chi connectivity index (χ0v) is 13.8. The highest BCUT2D eigenvalue weighted by molar-refractivity contribution is 5.38.